The van der Waals surface area contributed by atoms with Crippen molar-refractivity contribution in [1.82, 2.24) is 0 Å². The van der Waals surface area contributed by atoms with Crippen molar-refractivity contribution in [3.63, 3.8) is 0 Å². The summed E-state index contributed by atoms with van der Waals surface area (Å²) in [6.45, 7) is 1.36. The SMILES string of the molecule is CC/C=C\C[C@H](O)/C=C/C=C\C=C\[C@H](O)C/C=C\C/C=C\CCC(=O)O[C@H](COC(=O)CCCCCCCCC/C=C\CCCCCCCC)COP(=O)(O)OC[C@@H](O)COP(=O)(O)O. The van der Waals surface area contributed by atoms with Gasteiger partial charge >= 0.3 is 27.6 Å². The summed E-state index contributed by atoms with van der Waals surface area (Å²) in [7, 11) is -9.75. The number of allylic oxidation sites excluding steroid dienone is 10. The quantitative estimate of drug-likeness (QED) is 0.0110. The van der Waals surface area contributed by atoms with Crippen molar-refractivity contribution in [2.45, 2.75) is 180 Å². The number of phosphoric acid groups is 2. The third-order valence-corrected chi connectivity index (χ3v) is 10.9. The fraction of sp³-hybridized carbons (Fsp3) is 0.667. The lowest BCUT2D eigenvalue weighted by atomic mass is 10.1. The second-order valence-electron chi connectivity index (χ2n) is 15.7. The molecule has 0 saturated carbocycles. The highest BCUT2D eigenvalue weighted by molar-refractivity contribution is 7.47. The molecule has 6 N–H and O–H groups in total. The van der Waals surface area contributed by atoms with E-state index in [9.17, 15) is 38.9 Å². The molecule has 0 spiro atoms. The van der Waals surface area contributed by atoms with Crippen LogP contribution in [-0.2, 0) is 41.8 Å². The molecule has 0 aromatic heterocycles. The summed E-state index contributed by atoms with van der Waals surface area (Å²) in [5, 5.41) is 29.7. The highest BCUT2D eigenvalue weighted by Crippen LogP contribution is 2.43. The minimum absolute atomic E-state index is 0.0548. The Bertz CT molecular complexity index is 1500. The number of hydrogen-bond acceptors (Lipinski definition) is 12. The van der Waals surface area contributed by atoms with E-state index in [-0.39, 0.29) is 12.8 Å². The van der Waals surface area contributed by atoms with E-state index in [1.165, 1.54) is 57.8 Å². The largest absolute Gasteiger partial charge is 0.472 e. The van der Waals surface area contributed by atoms with Crippen LogP contribution in [0, 0.1) is 0 Å². The monoisotopic (exact) mass is 961 g/mol. The minimum Gasteiger partial charge on any atom is -0.462 e. The van der Waals surface area contributed by atoms with Gasteiger partial charge in [-0.3, -0.25) is 23.2 Å². The predicted octanol–water partition coefficient (Wildman–Crippen LogP) is 10.3. The van der Waals surface area contributed by atoms with Gasteiger partial charge in [0.15, 0.2) is 6.10 Å². The minimum atomic E-state index is -4.89. The Morgan fingerprint density at radius 1 is 0.523 bits per heavy atom. The van der Waals surface area contributed by atoms with Gasteiger partial charge in [-0.25, -0.2) is 9.13 Å². The molecule has 15 nitrogen and oxygen atoms in total. The van der Waals surface area contributed by atoms with E-state index in [2.05, 4.69) is 28.1 Å². The molecule has 5 atom stereocenters. The number of aliphatic hydroxyl groups is 3. The number of phosphoric ester groups is 2. The molecule has 0 amide bonds. The number of hydrogen-bond donors (Lipinski definition) is 6. The molecule has 0 fully saturated rings. The molecule has 0 aromatic rings. The van der Waals surface area contributed by atoms with Gasteiger partial charge in [-0.1, -0.05) is 163 Å². The standard InChI is InChI=1S/C48H82O15P2/c1-3-5-7-8-9-10-11-12-13-14-15-16-17-18-19-23-31-37-47(52)59-41-46(42-62-65(57,58)61-40-45(51)39-60-64(54,55)56)63-48(53)38-32-24-21-20-22-28-34-44(50)36-30-26-25-29-35-43(49)33-27-6-4-2/h6,12-13,21-22,24-30,35-36,43-46,49-51H,3-5,7-11,14-20,23,31-34,37-42H2,1-2H3,(H,57,58)(H2,54,55,56)/b13-12-,24-21-,26-25-,27-6-,28-22-,35-29+,36-30+/t43-,44+,45-,46+/m0/s1. The summed E-state index contributed by atoms with van der Waals surface area (Å²) in [5.41, 5.74) is 0. The molecule has 0 heterocycles. The topological polar surface area (TPSA) is 236 Å². The molecule has 374 valence electrons. The Labute approximate surface area is 389 Å². The van der Waals surface area contributed by atoms with Crippen LogP contribution < -0.4 is 0 Å². The van der Waals surface area contributed by atoms with Gasteiger partial charge < -0.3 is 39.5 Å². The number of carbonyl (C=O) groups is 2. The fourth-order valence-electron chi connectivity index (χ4n) is 5.84. The average molecular weight is 961 g/mol. The van der Waals surface area contributed by atoms with Crippen LogP contribution in [0.2, 0.25) is 0 Å². The van der Waals surface area contributed by atoms with E-state index in [1.807, 2.05) is 37.3 Å². The Morgan fingerprint density at radius 2 is 1.03 bits per heavy atom. The van der Waals surface area contributed by atoms with Crippen LogP contribution in [0.1, 0.15) is 155 Å². The van der Waals surface area contributed by atoms with Crippen LogP contribution in [0.4, 0.5) is 0 Å². The third kappa shape index (κ3) is 46.1. The fourth-order valence-corrected chi connectivity index (χ4v) is 6.99. The van der Waals surface area contributed by atoms with Gasteiger partial charge in [0, 0.05) is 12.8 Å². The van der Waals surface area contributed by atoms with E-state index in [4.69, 9.17) is 23.8 Å². The van der Waals surface area contributed by atoms with Gasteiger partial charge in [0.25, 0.3) is 0 Å². The first kappa shape index (κ1) is 62.2. The summed E-state index contributed by atoms with van der Waals surface area (Å²) in [4.78, 5) is 52.8. The normalized spacial score (nSPS) is 15.6. The molecule has 65 heavy (non-hydrogen) atoms. The van der Waals surface area contributed by atoms with Crippen LogP contribution in [0.3, 0.4) is 0 Å². The van der Waals surface area contributed by atoms with Gasteiger partial charge in [0.2, 0.25) is 0 Å². The lowest BCUT2D eigenvalue weighted by Gasteiger charge is -2.20. The second kappa shape index (κ2) is 42.6. The van der Waals surface area contributed by atoms with Gasteiger partial charge in [-0.15, -0.1) is 0 Å². The first-order valence-electron chi connectivity index (χ1n) is 23.5. The van der Waals surface area contributed by atoms with E-state index in [1.54, 1.807) is 42.5 Å². The van der Waals surface area contributed by atoms with Crippen LogP contribution in [0.25, 0.3) is 0 Å². The first-order valence-corrected chi connectivity index (χ1v) is 26.5. The molecular formula is C48H82O15P2. The lowest BCUT2D eigenvalue weighted by Crippen LogP contribution is -2.29. The predicted molar refractivity (Wildman–Crippen MR) is 255 cm³/mol. The van der Waals surface area contributed by atoms with Crippen molar-refractivity contribution in [3.05, 3.63) is 85.1 Å². The maximum absolute atomic E-state index is 12.7. The number of aliphatic hydroxyl groups excluding tert-OH is 3. The number of carbonyl (C=O) groups excluding carboxylic acids is 2. The third-order valence-electron chi connectivity index (χ3n) is 9.44. The molecule has 0 aliphatic carbocycles. The van der Waals surface area contributed by atoms with Gasteiger partial charge in [0.05, 0.1) is 32.0 Å². The van der Waals surface area contributed by atoms with Crippen molar-refractivity contribution >= 4 is 27.6 Å². The molecule has 0 radical (unpaired) electrons. The van der Waals surface area contributed by atoms with Crippen LogP contribution in [0.15, 0.2) is 85.1 Å². The van der Waals surface area contributed by atoms with Crippen LogP contribution in [-0.4, -0.2) is 92.8 Å². The van der Waals surface area contributed by atoms with Crippen molar-refractivity contribution in [3.8, 4) is 0 Å². The maximum atomic E-state index is 12.7. The molecule has 0 bridgehead atoms. The molecule has 17 heteroatoms. The van der Waals surface area contributed by atoms with Gasteiger partial charge in [-0.2, -0.15) is 0 Å². The van der Waals surface area contributed by atoms with Crippen molar-refractivity contribution in [1.29, 1.82) is 0 Å². The zero-order valence-electron chi connectivity index (χ0n) is 39.0. The molecule has 0 aromatic carbocycles. The maximum Gasteiger partial charge on any atom is 0.472 e. The van der Waals surface area contributed by atoms with E-state index in [0.717, 1.165) is 38.5 Å². The highest BCUT2D eigenvalue weighted by atomic mass is 31.2. The Balaban J connectivity index is 4.72. The summed E-state index contributed by atoms with van der Waals surface area (Å²) in [6, 6.07) is 0. The number of rotatable bonds is 43. The van der Waals surface area contributed by atoms with E-state index < -0.39 is 78.4 Å². The molecule has 0 rings (SSSR count). The van der Waals surface area contributed by atoms with Crippen molar-refractivity contribution in [2.75, 3.05) is 26.4 Å². The Hall–Kier alpha value is -2.78. The summed E-state index contributed by atoms with van der Waals surface area (Å²) in [5.74, 6) is -1.21. The van der Waals surface area contributed by atoms with E-state index >= 15 is 0 Å². The van der Waals surface area contributed by atoms with Gasteiger partial charge in [0.1, 0.15) is 12.7 Å². The molecule has 0 aliphatic heterocycles. The Kier molecular flexibility index (Phi) is 40.7. The first-order chi connectivity index (χ1) is 31.2. The summed E-state index contributed by atoms with van der Waals surface area (Å²) >= 11 is 0. The number of ether oxygens (including phenoxy) is 2. The zero-order chi connectivity index (χ0) is 48.3. The molecule has 1 unspecified atom stereocenters. The molecule has 0 aliphatic rings. The number of esters is 2. The van der Waals surface area contributed by atoms with Crippen molar-refractivity contribution < 1.29 is 71.8 Å². The summed E-state index contributed by atoms with van der Waals surface area (Å²) in [6.07, 6.45) is 42.2. The molecular weight excluding hydrogens is 878 g/mol. The van der Waals surface area contributed by atoms with E-state index in [0.29, 0.717) is 32.1 Å². The Morgan fingerprint density at radius 3 is 1.62 bits per heavy atom. The van der Waals surface area contributed by atoms with Crippen LogP contribution >= 0.6 is 15.6 Å². The highest BCUT2D eigenvalue weighted by Gasteiger charge is 2.28. The smallest absolute Gasteiger partial charge is 0.462 e. The van der Waals surface area contributed by atoms with Crippen LogP contribution in [0.5, 0.6) is 0 Å². The van der Waals surface area contributed by atoms with Gasteiger partial charge in [-0.05, 0) is 64.2 Å². The second-order valence-corrected chi connectivity index (χ2v) is 18.4. The van der Waals surface area contributed by atoms with Crippen molar-refractivity contribution in [2.24, 2.45) is 0 Å². The number of unbranched alkanes of at least 4 members (excludes halogenated alkanes) is 13. The summed E-state index contributed by atoms with van der Waals surface area (Å²) < 4.78 is 47.7. The average Bonchev–Trinajstić information content (AvgIpc) is 3.26. The molecule has 0 saturated heterocycles. The zero-order valence-corrected chi connectivity index (χ0v) is 40.8. The lowest BCUT2D eigenvalue weighted by molar-refractivity contribution is -0.161.